The highest BCUT2D eigenvalue weighted by Gasteiger charge is 2.37. The zero-order valence-electron chi connectivity index (χ0n) is 18.3. The maximum absolute atomic E-state index is 13.1. The molecular formula is C24H28N4O3. The Bertz CT molecular complexity index is 1040. The van der Waals surface area contributed by atoms with E-state index in [0.29, 0.717) is 23.4 Å². The van der Waals surface area contributed by atoms with Gasteiger partial charge in [-0.3, -0.25) is 19.3 Å². The van der Waals surface area contributed by atoms with Crippen molar-refractivity contribution < 1.29 is 14.4 Å². The topological polar surface area (TPSA) is 73.0 Å². The Morgan fingerprint density at radius 1 is 0.935 bits per heavy atom. The smallest absolute Gasteiger partial charge is 0.266 e. The molecule has 0 atom stereocenters. The molecule has 0 unspecified atom stereocenters. The minimum absolute atomic E-state index is 0.234. The maximum Gasteiger partial charge on any atom is 0.266 e. The Morgan fingerprint density at radius 3 is 2.39 bits per heavy atom. The first-order valence-corrected chi connectivity index (χ1v) is 10.6. The van der Waals surface area contributed by atoms with Crippen LogP contribution in [0.25, 0.3) is 0 Å². The molecule has 0 bridgehead atoms. The first kappa shape index (κ1) is 21.2. The van der Waals surface area contributed by atoms with Gasteiger partial charge in [-0.05, 0) is 56.3 Å². The molecule has 2 aromatic rings. The number of piperazine rings is 1. The molecule has 1 N–H and O–H groups in total. The van der Waals surface area contributed by atoms with Crippen LogP contribution in [-0.4, -0.2) is 73.8 Å². The van der Waals surface area contributed by atoms with E-state index >= 15 is 0 Å². The fraction of sp³-hybridized carbons (Fsp3) is 0.375. The normalized spacial score (nSPS) is 17.2. The number of benzene rings is 2. The van der Waals surface area contributed by atoms with Crippen LogP contribution in [0.4, 0.5) is 5.69 Å². The lowest BCUT2D eigenvalue weighted by atomic mass is 10.1. The van der Waals surface area contributed by atoms with Gasteiger partial charge in [-0.15, -0.1) is 0 Å². The summed E-state index contributed by atoms with van der Waals surface area (Å²) in [5, 5.41) is 2.93. The van der Waals surface area contributed by atoms with Gasteiger partial charge >= 0.3 is 0 Å². The summed E-state index contributed by atoms with van der Waals surface area (Å²) in [6.45, 7) is 9.19. The molecule has 162 valence electrons. The molecule has 4 rings (SSSR count). The summed E-state index contributed by atoms with van der Waals surface area (Å²) >= 11 is 0. The SMILES string of the molecule is Cc1ccc(C)c(N2C(=O)c3ccc(C(=O)NCCN4CCN(C)CC4)cc3C2=O)c1. The van der Waals surface area contributed by atoms with Crippen molar-refractivity contribution in [3.63, 3.8) is 0 Å². The lowest BCUT2D eigenvalue weighted by molar-refractivity contribution is 0.0922. The van der Waals surface area contributed by atoms with E-state index in [1.165, 1.54) is 11.0 Å². The number of likely N-dealkylation sites (N-methyl/N-ethyl adjacent to an activating group) is 1. The third-order valence-corrected chi connectivity index (χ3v) is 6.06. The summed E-state index contributed by atoms with van der Waals surface area (Å²) in [6.07, 6.45) is 0. The van der Waals surface area contributed by atoms with Gasteiger partial charge in [0.2, 0.25) is 0 Å². The Balaban J connectivity index is 1.45. The van der Waals surface area contributed by atoms with Crippen LogP contribution in [0.5, 0.6) is 0 Å². The quantitative estimate of drug-likeness (QED) is 0.750. The number of anilines is 1. The van der Waals surface area contributed by atoms with E-state index in [2.05, 4.69) is 22.2 Å². The molecule has 2 heterocycles. The van der Waals surface area contributed by atoms with Gasteiger partial charge in [-0.25, -0.2) is 4.90 Å². The number of carbonyl (C=O) groups is 3. The summed E-state index contributed by atoms with van der Waals surface area (Å²) in [5.41, 5.74) is 3.41. The van der Waals surface area contributed by atoms with Crippen molar-refractivity contribution in [3.05, 3.63) is 64.2 Å². The second kappa shape index (κ2) is 8.61. The highest BCUT2D eigenvalue weighted by molar-refractivity contribution is 6.35. The van der Waals surface area contributed by atoms with E-state index in [0.717, 1.165) is 43.9 Å². The zero-order chi connectivity index (χ0) is 22.1. The monoisotopic (exact) mass is 420 g/mol. The van der Waals surface area contributed by atoms with Crippen LogP contribution in [0.1, 0.15) is 42.2 Å². The van der Waals surface area contributed by atoms with Gasteiger partial charge in [0.15, 0.2) is 0 Å². The predicted molar refractivity (Wildman–Crippen MR) is 120 cm³/mol. The van der Waals surface area contributed by atoms with Crippen LogP contribution in [0.3, 0.4) is 0 Å². The lowest BCUT2D eigenvalue weighted by Crippen LogP contribution is -2.46. The molecule has 1 saturated heterocycles. The number of hydrogen-bond donors (Lipinski definition) is 1. The minimum Gasteiger partial charge on any atom is -0.351 e. The van der Waals surface area contributed by atoms with E-state index < -0.39 is 0 Å². The van der Waals surface area contributed by atoms with Gasteiger partial charge in [0, 0.05) is 44.8 Å². The molecule has 7 nitrogen and oxygen atoms in total. The molecule has 0 aliphatic carbocycles. The number of aryl methyl sites for hydroxylation is 2. The second-order valence-corrected chi connectivity index (χ2v) is 8.40. The van der Waals surface area contributed by atoms with Crippen LogP contribution in [0, 0.1) is 13.8 Å². The van der Waals surface area contributed by atoms with Crippen molar-refractivity contribution in [2.24, 2.45) is 0 Å². The van der Waals surface area contributed by atoms with E-state index in [-0.39, 0.29) is 23.3 Å². The van der Waals surface area contributed by atoms with Crippen molar-refractivity contribution in [2.75, 3.05) is 51.2 Å². The van der Waals surface area contributed by atoms with E-state index in [4.69, 9.17) is 0 Å². The number of rotatable bonds is 5. The predicted octanol–water partition coefficient (Wildman–Crippen LogP) is 2.08. The molecule has 1 fully saturated rings. The van der Waals surface area contributed by atoms with Gasteiger partial charge in [0.1, 0.15) is 0 Å². The van der Waals surface area contributed by atoms with E-state index in [1.54, 1.807) is 12.1 Å². The molecule has 0 saturated carbocycles. The molecule has 0 radical (unpaired) electrons. The summed E-state index contributed by atoms with van der Waals surface area (Å²) in [4.78, 5) is 44.4. The molecule has 7 heteroatoms. The van der Waals surface area contributed by atoms with Gasteiger partial charge in [0.05, 0.1) is 16.8 Å². The summed E-state index contributed by atoms with van der Waals surface area (Å²) in [5.74, 6) is -0.973. The molecule has 2 aliphatic heterocycles. The number of amides is 3. The second-order valence-electron chi connectivity index (χ2n) is 8.40. The highest BCUT2D eigenvalue weighted by atomic mass is 16.2. The Kier molecular flexibility index (Phi) is 5.89. The molecular weight excluding hydrogens is 392 g/mol. The average Bonchev–Trinajstić information content (AvgIpc) is 3.01. The van der Waals surface area contributed by atoms with E-state index in [1.807, 2.05) is 32.0 Å². The standard InChI is InChI=1S/C24H28N4O3/c1-16-4-5-17(2)21(14-16)28-23(30)19-7-6-18(15-20(19)24(28)31)22(29)25-8-9-27-12-10-26(3)11-13-27/h4-7,14-15H,8-13H2,1-3H3,(H,25,29). The lowest BCUT2D eigenvalue weighted by Gasteiger charge is -2.32. The number of imide groups is 1. The first-order chi connectivity index (χ1) is 14.8. The average molecular weight is 421 g/mol. The van der Waals surface area contributed by atoms with Crippen LogP contribution >= 0.6 is 0 Å². The van der Waals surface area contributed by atoms with Crippen LogP contribution in [-0.2, 0) is 0 Å². The van der Waals surface area contributed by atoms with Gasteiger partial charge in [0.25, 0.3) is 17.7 Å². The molecule has 0 spiro atoms. The number of hydrogen-bond acceptors (Lipinski definition) is 5. The molecule has 2 aliphatic rings. The van der Waals surface area contributed by atoms with Crippen LogP contribution in [0.15, 0.2) is 36.4 Å². The highest BCUT2D eigenvalue weighted by Crippen LogP contribution is 2.31. The van der Waals surface area contributed by atoms with Crippen molar-refractivity contribution >= 4 is 23.4 Å². The Labute approximate surface area is 182 Å². The van der Waals surface area contributed by atoms with Gasteiger partial charge in [-0.2, -0.15) is 0 Å². The number of nitrogens with one attached hydrogen (secondary N) is 1. The molecule has 31 heavy (non-hydrogen) atoms. The number of carbonyl (C=O) groups excluding carboxylic acids is 3. The van der Waals surface area contributed by atoms with Crippen molar-refractivity contribution in [1.82, 2.24) is 15.1 Å². The summed E-state index contributed by atoms with van der Waals surface area (Å²) in [7, 11) is 2.11. The third kappa shape index (κ3) is 4.24. The molecule has 0 aromatic heterocycles. The van der Waals surface area contributed by atoms with Crippen LogP contribution < -0.4 is 10.2 Å². The first-order valence-electron chi connectivity index (χ1n) is 10.6. The zero-order valence-corrected chi connectivity index (χ0v) is 18.3. The minimum atomic E-state index is -0.388. The van der Waals surface area contributed by atoms with Gasteiger partial charge < -0.3 is 10.2 Å². The van der Waals surface area contributed by atoms with Crippen LogP contribution in [0.2, 0.25) is 0 Å². The van der Waals surface area contributed by atoms with Crippen molar-refractivity contribution in [3.8, 4) is 0 Å². The Morgan fingerprint density at radius 2 is 1.65 bits per heavy atom. The van der Waals surface area contributed by atoms with Crippen molar-refractivity contribution in [1.29, 1.82) is 0 Å². The summed E-state index contributed by atoms with van der Waals surface area (Å²) < 4.78 is 0. The number of nitrogens with zero attached hydrogens (tertiary/aromatic N) is 3. The van der Waals surface area contributed by atoms with Crippen molar-refractivity contribution in [2.45, 2.75) is 13.8 Å². The third-order valence-electron chi connectivity index (χ3n) is 6.06. The largest absolute Gasteiger partial charge is 0.351 e. The maximum atomic E-state index is 13.1. The fourth-order valence-electron chi connectivity index (χ4n) is 4.06. The molecule has 2 aromatic carbocycles. The summed E-state index contributed by atoms with van der Waals surface area (Å²) in [6, 6.07) is 10.4. The van der Waals surface area contributed by atoms with E-state index in [9.17, 15) is 14.4 Å². The molecule has 3 amide bonds. The van der Waals surface area contributed by atoms with Gasteiger partial charge in [-0.1, -0.05) is 12.1 Å². The fourth-order valence-corrected chi connectivity index (χ4v) is 4.06. The Hall–Kier alpha value is -3.03. The number of fused-ring (bicyclic) bond motifs is 1.